The second-order valence-electron chi connectivity index (χ2n) is 6.37. The van der Waals surface area contributed by atoms with Crippen LogP contribution in [0.4, 0.5) is 0 Å². The number of ether oxygens (including phenoxy) is 1. The molecule has 0 spiro atoms. The van der Waals surface area contributed by atoms with Crippen LogP contribution in [0.25, 0.3) is 0 Å². The maximum Gasteiger partial charge on any atom is 0.240 e. The van der Waals surface area contributed by atoms with E-state index in [1.165, 1.54) is 0 Å². The van der Waals surface area contributed by atoms with E-state index >= 15 is 0 Å². The van der Waals surface area contributed by atoms with Crippen LogP contribution in [0.15, 0.2) is 4.52 Å². The molecule has 1 aromatic rings. The lowest BCUT2D eigenvalue weighted by Crippen LogP contribution is -2.46. The Labute approximate surface area is 121 Å². The Morgan fingerprint density at radius 3 is 2.35 bits per heavy atom. The Kier molecular flexibility index (Phi) is 5.12. The molecule has 0 unspecified atom stereocenters. The van der Waals surface area contributed by atoms with Crippen LogP contribution in [-0.4, -0.2) is 66.4 Å². The van der Waals surface area contributed by atoms with Gasteiger partial charge in [-0.3, -0.25) is 9.80 Å². The van der Waals surface area contributed by atoms with Gasteiger partial charge in [0.2, 0.25) is 5.89 Å². The fraction of sp³-hybridized carbons (Fsp3) is 0.857. The molecule has 1 aliphatic heterocycles. The number of methoxy groups -OCH3 is 1. The van der Waals surface area contributed by atoms with Gasteiger partial charge in [-0.2, -0.15) is 4.98 Å². The summed E-state index contributed by atoms with van der Waals surface area (Å²) in [5.74, 6) is 1.51. The molecular weight excluding hydrogens is 256 g/mol. The molecule has 0 radical (unpaired) electrons. The van der Waals surface area contributed by atoms with Crippen LogP contribution in [0.3, 0.4) is 0 Å². The van der Waals surface area contributed by atoms with Gasteiger partial charge in [-0.25, -0.2) is 0 Å². The van der Waals surface area contributed by atoms with Gasteiger partial charge in [0, 0.05) is 45.2 Å². The zero-order chi connectivity index (χ0) is 14.6. The predicted octanol–water partition coefficient (Wildman–Crippen LogP) is 1.13. The minimum Gasteiger partial charge on any atom is -0.383 e. The molecule has 0 amide bonds. The minimum absolute atomic E-state index is 0.0550. The zero-order valence-electron chi connectivity index (χ0n) is 13.1. The summed E-state index contributed by atoms with van der Waals surface area (Å²) in [4.78, 5) is 9.28. The van der Waals surface area contributed by atoms with Gasteiger partial charge in [0.25, 0.3) is 0 Å². The third-order valence-corrected chi connectivity index (χ3v) is 3.57. The molecule has 20 heavy (non-hydrogen) atoms. The van der Waals surface area contributed by atoms with Crippen molar-refractivity contribution in [3.8, 4) is 0 Å². The van der Waals surface area contributed by atoms with Crippen LogP contribution >= 0.6 is 0 Å². The first-order valence-electron chi connectivity index (χ1n) is 7.26. The fourth-order valence-electron chi connectivity index (χ4n) is 2.21. The maximum atomic E-state index is 5.35. The Balaban J connectivity index is 1.79. The number of piperazine rings is 1. The molecule has 6 nitrogen and oxygen atoms in total. The minimum atomic E-state index is -0.0550. The largest absolute Gasteiger partial charge is 0.383 e. The van der Waals surface area contributed by atoms with Crippen molar-refractivity contribution >= 4 is 0 Å². The first kappa shape index (κ1) is 15.4. The quantitative estimate of drug-likeness (QED) is 0.807. The van der Waals surface area contributed by atoms with Gasteiger partial charge in [0.1, 0.15) is 0 Å². The average molecular weight is 282 g/mol. The van der Waals surface area contributed by atoms with Gasteiger partial charge in [-0.05, 0) is 0 Å². The van der Waals surface area contributed by atoms with Crippen LogP contribution in [0.1, 0.15) is 32.5 Å². The van der Waals surface area contributed by atoms with Crippen molar-refractivity contribution in [3.63, 3.8) is 0 Å². The van der Waals surface area contributed by atoms with Crippen molar-refractivity contribution in [3.05, 3.63) is 11.7 Å². The van der Waals surface area contributed by atoms with E-state index in [2.05, 4.69) is 40.7 Å². The lowest BCUT2D eigenvalue weighted by Gasteiger charge is -2.33. The lowest BCUT2D eigenvalue weighted by atomic mass is 9.96. The summed E-state index contributed by atoms with van der Waals surface area (Å²) in [5, 5.41) is 4.07. The molecule has 0 aromatic carbocycles. The first-order valence-corrected chi connectivity index (χ1v) is 7.26. The highest BCUT2D eigenvalue weighted by molar-refractivity contribution is 5.00. The Hall–Kier alpha value is -0.980. The average Bonchev–Trinajstić information content (AvgIpc) is 2.86. The smallest absolute Gasteiger partial charge is 0.240 e. The SMILES string of the molecule is COCCN1CCN(Cc2nc(C(C)(C)C)no2)CC1. The van der Waals surface area contributed by atoms with Gasteiger partial charge in [0.05, 0.1) is 13.2 Å². The monoisotopic (exact) mass is 282 g/mol. The second kappa shape index (κ2) is 6.65. The van der Waals surface area contributed by atoms with Gasteiger partial charge in [0.15, 0.2) is 5.82 Å². The number of hydrogen-bond acceptors (Lipinski definition) is 6. The maximum absolute atomic E-state index is 5.35. The van der Waals surface area contributed by atoms with E-state index in [0.29, 0.717) is 0 Å². The zero-order valence-corrected chi connectivity index (χ0v) is 13.1. The molecule has 2 heterocycles. The summed E-state index contributed by atoms with van der Waals surface area (Å²) in [5.41, 5.74) is -0.0550. The standard InChI is InChI=1S/C14H26N4O2/c1-14(2,3)13-15-12(20-16-13)11-18-7-5-17(6-8-18)9-10-19-4/h5-11H2,1-4H3. The molecule has 1 saturated heterocycles. The normalized spacial score (nSPS) is 18.6. The van der Waals surface area contributed by atoms with Crippen molar-refractivity contribution in [2.24, 2.45) is 0 Å². The Morgan fingerprint density at radius 1 is 1.15 bits per heavy atom. The van der Waals surface area contributed by atoms with E-state index in [1.54, 1.807) is 7.11 Å². The number of aromatic nitrogens is 2. The third kappa shape index (κ3) is 4.26. The number of rotatable bonds is 5. The van der Waals surface area contributed by atoms with E-state index in [4.69, 9.17) is 9.26 Å². The molecule has 6 heteroatoms. The van der Waals surface area contributed by atoms with Crippen LogP contribution < -0.4 is 0 Å². The van der Waals surface area contributed by atoms with Gasteiger partial charge in [-0.15, -0.1) is 0 Å². The van der Waals surface area contributed by atoms with E-state index in [1.807, 2.05) is 0 Å². The molecule has 114 valence electrons. The molecule has 0 bridgehead atoms. The molecule has 2 rings (SSSR count). The molecule has 0 aliphatic carbocycles. The van der Waals surface area contributed by atoms with E-state index in [0.717, 1.165) is 57.6 Å². The second-order valence-corrected chi connectivity index (χ2v) is 6.37. The van der Waals surface area contributed by atoms with Crippen molar-refractivity contribution in [2.45, 2.75) is 32.7 Å². The van der Waals surface area contributed by atoms with Crippen molar-refractivity contribution in [1.82, 2.24) is 19.9 Å². The molecule has 1 aromatic heterocycles. The summed E-state index contributed by atoms with van der Waals surface area (Å²) in [6.45, 7) is 13.1. The van der Waals surface area contributed by atoms with Crippen LogP contribution in [0, 0.1) is 0 Å². The molecule has 0 N–H and O–H groups in total. The topological polar surface area (TPSA) is 54.6 Å². The summed E-state index contributed by atoms with van der Waals surface area (Å²) < 4.78 is 10.5. The number of nitrogens with zero attached hydrogens (tertiary/aromatic N) is 4. The highest BCUT2D eigenvalue weighted by atomic mass is 16.5. The van der Waals surface area contributed by atoms with Crippen LogP contribution in [-0.2, 0) is 16.7 Å². The lowest BCUT2D eigenvalue weighted by molar-refractivity contribution is 0.0883. The van der Waals surface area contributed by atoms with Crippen molar-refractivity contribution in [2.75, 3.05) is 46.4 Å². The fourth-order valence-corrected chi connectivity index (χ4v) is 2.21. The van der Waals surface area contributed by atoms with Crippen molar-refractivity contribution < 1.29 is 9.26 Å². The van der Waals surface area contributed by atoms with Gasteiger partial charge >= 0.3 is 0 Å². The van der Waals surface area contributed by atoms with E-state index in [-0.39, 0.29) is 5.41 Å². The number of hydrogen-bond donors (Lipinski definition) is 0. The summed E-state index contributed by atoms with van der Waals surface area (Å²) in [6.07, 6.45) is 0. The summed E-state index contributed by atoms with van der Waals surface area (Å²) in [6, 6.07) is 0. The Morgan fingerprint density at radius 2 is 1.80 bits per heavy atom. The third-order valence-electron chi connectivity index (χ3n) is 3.57. The highest BCUT2D eigenvalue weighted by Crippen LogP contribution is 2.19. The van der Waals surface area contributed by atoms with Crippen LogP contribution in [0.5, 0.6) is 0 Å². The molecule has 1 aliphatic rings. The molecule has 0 atom stereocenters. The van der Waals surface area contributed by atoms with E-state index in [9.17, 15) is 0 Å². The van der Waals surface area contributed by atoms with Crippen molar-refractivity contribution in [1.29, 1.82) is 0 Å². The van der Waals surface area contributed by atoms with E-state index < -0.39 is 0 Å². The summed E-state index contributed by atoms with van der Waals surface area (Å²) >= 11 is 0. The van der Waals surface area contributed by atoms with Crippen LogP contribution in [0.2, 0.25) is 0 Å². The van der Waals surface area contributed by atoms with Gasteiger partial charge < -0.3 is 9.26 Å². The van der Waals surface area contributed by atoms with Gasteiger partial charge in [-0.1, -0.05) is 25.9 Å². The first-order chi connectivity index (χ1) is 9.49. The molecular formula is C14H26N4O2. The highest BCUT2D eigenvalue weighted by Gasteiger charge is 2.23. The predicted molar refractivity (Wildman–Crippen MR) is 76.6 cm³/mol. The summed E-state index contributed by atoms with van der Waals surface area (Å²) in [7, 11) is 1.75. The molecule has 0 saturated carbocycles. The molecule has 1 fully saturated rings. The Bertz CT molecular complexity index is 406.